The molecule has 1 rings (SSSR count). The lowest BCUT2D eigenvalue weighted by Gasteiger charge is -2.05. The van der Waals surface area contributed by atoms with Gasteiger partial charge in [0.2, 0.25) is 0 Å². The van der Waals surface area contributed by atoms with Crippen LogP contribution >= 0.6 is 0 Å². The summed E-state index contributed by atoms with van der Waals surface area (Å²) in [5.74, 6) is -0.331. The summed E-state index contributed by atoms with van der Waals surface area (Å²) in [7, 11) is 0. The van der Waals surface area contributed by atoms with Crippen molar-refractivity contribution in [2.24, 2.45) is 0 Å². The van der Waals surface area contributed by atoms with Crippen molar-refractivity contribution in [3.8, 4) is 0 Å². The largest absolute Gasteiger partial charge is 0.389 e. The molecule has 0 aliphatic carbocycles. The molecule has 0 fully saturated rings. The van der Waals surface area contributed by atoms with Gasteiger partial charge in [0.1, 0.15) is 5.78 Å². The van der Waals surface area contributed by atoms with Crippen LogP contribution < -0.4 is 0 Å². The Morgan fingerprint density at radius 2 is 1.71 bits per heavy atom. The lowest BCUT2D eigenvalue weighted by molar-refractivity contribution is -0.143. The Bertz CT molecular complexity index is 365. The van der Waals surface area contributed by atoms with E-state index in [1.807, 2.05) is 31.2 Å². The third-order valence-corrected chi connectivity index (χ3v) is 2.50. The van der Waals surface area contributed by atoms with Crippen LogP contribution in [0, 0.1) is 6.92 Å². The van der Waals surface area contributed by atoms with Gasteiger partial charge in [0.05, 0.1) is 6.42 Å². The number of carbonyl (C=O) groups excluding carboxylic acids is 1. The van der Waals surface area contributed by atoms with Crippen molar-refractivity contribution in [3.63, 3.8) is 0 Å². The van der Waals surface area contributed by atoms with E-state index in [0.29, 0.717) is 6.42 Å². The first-order valence-corrected chi connectivity index (χ1v) is 5.51. The minimum Gasteiger partial charge on any atom is -0.300 e. The molecule has 0 aromatic heterocycles. The van der Waals surface area contributed by atoms with Gasteiger partial charge in [-0.25, -0.2) is 0 Å². The zero-order chi connectivity index (χ0) is 12.9. The van der Waals surface area contributed by atoms with Gasteiger partial charge in [-0.3, -0.25) is 4.79 Å². The summed E-state index contributed by atoms with van der Waals surface area (Å²) in [6, 6.07) is 7.64. The van der Waals surface area contributed by atoms with Crippen molar-refractivity contribution in [1.82, 2.24) is 0 Å². The highest BCUT2D eigenvalue weighted by atomic mass is 19.4. The molecule has 0 aliphatic rings. The van der Waals surface area contributed by atoms with Crippen LogP contribution in [-0.2, 0) is 11.2 Å². The number of ketones is 1. The van der Waals surface area contributed by atoms with Gasteiger partial charge >= 0.3 is 6.18 Å². The number of aryl methyl sites for hydroxylation is 2. The number of carbonyl (C=O) groups is 1. The second kappa shape index (κ2) is 5.84. The van der Waals surface area contributed by atoms with Crippen LogP contribution in [0.1, 0.15) is 30.4 Å². The Hall–Kier alpha value is -1.32. The summed E-state index contributed by atoms with van der Waals surface area (Å²) < 4.78 is 35.6. The fourth-order valence-electron chi connectivity index (χ4n) is 1.44. The molecule has 0 heterocycles. The Balaban J connectivity index is 2.31. The predicted molar refractivity (Wildman–Crippen MR) is 59.8 cm³/mol. The Labute approximate surface area is 98.6 Å². The second-order valence-corrected chi connectivity index (χ2v) is 4.14. The Morgan fingerprint density at radius 3 is 2.24 bits per heavy atom. The Morgan fingerprint density at radius 1 is 1.12 bits per heavy atom. The van der Waals surface area contributed by atoms with Gasteiger partial charge in [0.15, 0.2) is 0 Å². The van der Waals surface area contributed by atoms with Crippen LogP contribution in [0.2, 0.25) is 0 Å². The van der Waals surface area contributed by atoms with E-state index in [2.05, 4.69) is 0 Å². The zero-order valence-corrected chi connectivity index (χ0v) is 9.68. The summed E-state index contributed by atoms with van der Waals surface area (Å²) in [5.41, 5.74) is 2.10. The van der Waals surface area contributed by atoms with Crippen LogP contribution in [0.5, 0.6) is 0 Å². The normalized spacial score (nSPS) is 11.5. The number of benzene rings is 1. The minimum atomic E-state index is -4.24. The first kappa shape index (κ1) is 13.7. The number of hydrogen-bond donors (Lipinski definition) is 0. The number of hydrogen-bond acceptors (Lipinski definition) is 1. The molecule has 0 amide bonds. The van der Waals surface area contributed by atoms with Gasteiger partial charge in [-0.2, -0.15) is 13.2 Å². The van der Waals surface area contributed by atoms with Gasteiger partial charge in [0, 0.05) is 12.8 Å². The molecular formula is C13H15F3O. The topological polar surface area (TPSA) is 17.1 Å². The summed E-state index contributed by atoms with van der Waals surface area (Å²) in [6.45, 7) is 1.96. The van der Waals surface area contributed by atoms with E-state index in [0.717, 1.165) is 11.1 Å². The molecule has 0 N–H and O–H groups in total. The molecule has 1 aromatic rings. The van der Waals surface area contributed by atoms with Crippen LogP contribution in [0.4, 0.5) is 13.2 Å². The van der Waals surface area contributed by atoms with E-state index >= 15 is 0 Å². The number of rotatable bonds is 5. The van der Waals surface area contributed by atoms with Gasteiger partial charge in [-0.05, 0) is 18.9 Å². The van der Waals surface area contributed by atoms with Crippen LogP contribution in [0.25, 0.3) is 0 Å². The average molecular weight is 244 g/mol. The van der Waals surface area contributed by atoms with Crippen LogP contribution in [0.3, 0.4) is 0 Å². The molecule has 4 heteroatoms. The molecule has 0 saturated heterocycles. The number of halogens is 3. The van der Waals surface area contributed by atoms with Gasteiger partial charge in [-0.1, -0.05) is 29.8 Å². The molecule has 0 atom stereocenters. The maximum Gasteiger partial charge on any atom is 0.389 e. The molecule has 17 heavy (non-hydrogen) atoms. The van der Waals surface area contributed by atoms with E-state index in [1.54, 1.807) is 0 Å². The quantitative estimate of drug-likeness (QED) is 0.769. The van der Waals surface area contributed by atoms with Gasteiger partial charge in [0.25, 0.3) is 0 Å². The van der Waals surface area contributed by atoms with Crippen molar-refractivity contribution < 1.29 is 18.0 Å². The van der Waals surface area contributed by atoms with Gasteiger partial charge < -0.3 is 0 Å². The molecule has 0 saturated carbocycles. The highest BCUT2D eigenvalue weighted by Gasteiger charge is 2.27. The summed E-state index contributed by atoms with van der Waals surface area (Å²) >= 11 is 0. The van der Waals surface area contributed by atoms with E-state index in [4.69, 9.17) is 0 Å². The monoisotopic (exact) mass is 244 g/mol. The van der Waals surface area contributed by atoms with Crippen molar-refractivity contribution in [2.75, 3.05) is 0 Å². The van der Waals surface area contributed by atoms with Crippen molar-refractivity contribution in [1.29, 1.82) is 0 Å². The standard InChI is InChI=1S/C13H15F3O/c1-10-2-4-11(5-3-10)6-7-12(17)8-9-13(14,15)16/h2-5H,6-9H2,1H3. The SMILES string of the molecule is Cc1ccc(CCC(=O)CCC(F)(F)F)cc1. The molecule has 1 aromatic carbocycles. The third-order valence-electron chi connectivity index (χ3n) is 2.50. The van der Waals surface area contributed by atoms with E-state index in [9.17, 15) is 18.0 Å². The smallest absolute Gasteiger partial charge is 0.300 e. The van der Waals surface area contributed by atoms with E-state index in [1.165, 1.54) is 0 Å². The molecule has 0 unspecified atom stereocenters. The minimum absolute atomic E-state index is 0.180. The van der Waals surface area contributed by atoms with Crippen molar-refractivity contribution in [3.05, 3.63) is 35.4 Å². The number of Topliss-reactive ketones (excluding diaryl/α,β-unsaturated/α-hetero) is 1. The molecule has 1 nitrogen and oxygen atoms in total. The molecule has 94 valence electrons. The van der Waals surface area contributed by atoms with Crippen molar-refractivity contribution >= 4 is 5.78 Å². The van der Waals surface area contributed by atoms with E-state index < -0.39 is 19.0 Å². The second-order valence-electron chi connectivity index (χ2n) is 4.14. The van der Waals surface area contributed by atoms with E-state index in [-0.39, 0.29) is 12.2 Å². The first-order valence-electron chi connectivity index (χ1n) is 5.51. The van der Waals surface area contributed by atoms with Gasteiger partial charge in [-0.15, -0.1) is 0 Å². The average Bonchev–Trinajstić information content (AvgIpc) is 2.25. The molecular weight excluding hydrogens is 229 g/mol. The van der Waals surface area contributed by atoms with Crippen LogP contribution in [-0.4, -0.2) is 12.0 Å². The van der Waals surface area contributed by atoms with Crippen molar-refractivity contribution in [2.45, 2.75) is 38.8 Å². The lowest BCUT2D eigenvalue weighted by atomic mass is 10.0. The zero-order valence-electron chi connectivity index (χ0n) is 9.68. The first-order chi connectivity index (χ1) is 7.87. The number of alkyl halides is 3. The molecule has 0 radical (unpaired) electrons. The summed E-state index contributed by atoms with van der Waals surface area (Å²) in [4.78, 5) is 11.2. The fourth-order valence-corrected chi connectivity index (χ4v) is 1.44. The maximum atomic E-state index is 11.9. The lowest BCUT2D eigenvalue weighted by Crippen LogP contribution is -2.11. The fraction of sp³-hybridized carbons (Fsp3) is 0.462. The summed E-state index contributed by atoms with van der Waals surface area (Å²) in [6.07, 6.45) is -4.97. The third kappa shape index (κ3) is 6.09. The highest BCUT2D eigenvalue weighted by molar-refractivity contribution is 5.78. The molecule has 0 bridgehead atoms. The molecule has 0 aliphatic heterocycles. The maximum absolute atomic E-state index is 11.9. The highest BCUT2D eigenvalue weighted by Crippen LogP contribution is 2.22. The Kier molecular flexibility index (Phi) is 4.73. The molecule has 0 spiro atoms. The van der Waals surface area contributed by atoms with Crippen LogP contribution in [0.15, 0.2) is 24.3 Å². The summed E-state index contributed by atoms with van der Waals surface area (Å²) in [5, 5.41) is 0. The predicted octanol–water partition coefficient (Wildman–Crippen LogP) is 3.84.